The number of carbonyl (C=O) groups is 1. The minimum absolute atomic E-state index is 0.134. The number of rotatable bonds is 6. The van der Waals surface area contributed by atoms with E-state index in [1.165, 1.54) is 12.1 Å². The topological polar surface area (TPSA) is 41.1 Å². The maximum Gasteiger partial charge on any atom is 0.240 e. The Kier molecular flexibility index (Phi) is 5.83. The third-order valence-electron chi connectivity index (χ3n) is 3.63. The molecule has 25 heavy (non-hydrogen) atoms. The lowest BCUT2D eigenvalue weighted by Crippen LogP contribution is -2.33. The van der Waals surface area contributed by atoms with Gasteiger partial charge in [0.1, 0.15) is 5.82 Å². The predicted molar refractivity (Wildman–Crippen MR) is 103 cm³/mol. The summed E-state index contributed by atoms with van der Waals surface area (Å²) in [7, 11) is 0. The molecule has 1 amide bonds. The first-order chi connectivity index (χ1) is 12.1. The van der Waals surface area contributed by atoms with E-state index in [4.69, 9.17) is 0 Å². The number of nitrogens with one attached hydrogen (secondary N) is 2. The summed E-state index contributed by atoms with van der Waals surface area (Å²) in [6.45, 7) is 0.157. The molecular weight excluding hydrogens is 403 g/mol. The summed E-state index contributed by atoms with van der Waals surface area (Å²) in [5.41, 5.74) is 1.72. The average Bonchev–Trinajstić information content (AvgIpc) is 3.14. The standard InChI is InChI=1S/C19H16BrFN2OS/c20-14-5-9-16(10-6-14)22-12-18(24)23-19(17-2-1-11-25-17)13-3-7-15(21)8-4-13/h1-11,19,22H,12H2,(H,23,24)/t19-/m1/s1. The number of hydrogen-bond donors (Lipinski definition) is 2. The van der Waals surface area contributed by atoms with Crippen LogP contribution in [0.3, 0.4) is 0 Å². The van der Waals surface area contributed by atoms with Crippen LogP contribution in [0.4, 0.5) is 10.1 Å². The van der Waals surface area contributed by atoms with E-state index >= 15 is 0 Å². The van der Waals surface area contributed by atoms with Gasteiger partial charge < -0.3 is 10.6 Å². The van der Waals surface area contributed by atoms with Gasteiger partial charge in [0.15, 0.2) is 0 Å². The van der Waals surface area contributed by atoms with E-state index in [2.05, 4.69) is 26.6 Å². The van der Waals surface area contributed by atoms with Crippen molar-refractivity contribution < 1.29 is 9.18 Å². The summed E-state index contributed by atoms with van der Waals surface area (Å²) in [5.74, 6) is -0.428. The largest absolute Gasteiger partial charge is 0.376 e. The first-order valence-electron chi connectivity index (χ1n) is 7.69. The highest BCUT2D eigenvalue weighted by molar-refractivity contribution is 9.10. The summed E-state index contributed by atoms with van der Waals surface area (Å²) in [6, 6.07) is 17.4. The van der Waals surface area contributed by atoms with Crippen LogP contribution in [-0.2, 0) is 4.79 Å². The molecule has 3 aromatic rings. The zero-order chi connectivity index (χ0) is 17.6. The number of carbonyl (C=O) groups excluding carboxylic acids is 1. The van der Waals surface area contributed by atoms with Crippen LogP contribution in [0.2, 0.25) is 0 Å². The molecule has 2 N–H and O–H groups in total. The monoisotopic (exact) mass is 418 g/mol. The molecule has 0 spiro atoms. The molecule has 1 aromatic heterocycles. The van der Waals surface area contributed by atoms with E-state index in [-0.39, 0.29) is 24.3 Å². The Bertz CT molecular complexity index is 820. The van der Waals surface area contributed by atoms with E-state index < -0.39 is 0 Å². The number of amides is 1. The fourth-order valence-corrected chi connectivity index (χ4v) is 3.46. The number of hydrogen-bond acceptors (Lipinski definition) is 3. The van der Waals surface area contributed by atoms with Crippen LogP contribution in [0.5, 0.6) is 0 Å². The second-order valence-electron chi connectivity index (χ2n) is 5.43. The number of anilines is 1. The molecule has 0 aliphatic rings. The van der Waals surface area contributed by atoms with Gasteiger partial charge in [0.05, 0.1) is 12.6 Å². The lowest BCUT2D eigenvalue weighted by molar-refractivity contribution is -0.119. The maximum atomic E-state index is 13.2. The molecule has 2 aromatic carbocycles. The molecule has 0 saturated heterocycles. The molecule has 3 rings (SSSR count). The van der Waals surface area contributed by atoms with Crippen molar-refractivity contribution in [1.82, 2.24) is 5.32 Å². The Morgan fingerprint density at radius 2 is 1.80 bits per heavy atom. The van der Waals surface area contributed by atoms with Crippen LogP contribution in [0.25, 0.3) is 0 Å². The van der Waals surface area contributed by atoms with Crippen LogP contribution in [-0.4, -0.2) is 12.5 Å². The van der Waals surface area contributed by atoms with Gasteiger partial charge in [-0.2, -0.15) is 0 Å². The molecule has 0 saturated carbocycles. The lowest BCUT2D eigenvalue weighted by Gasteiger charge is -2.18. The third kappa shape index (κ3) is 4.90. The molecule has 0 bridgehead atoms. The molecule has 1 atom stereocenters. The molecule has 1 heterocycles. The summed E-state index contributed by atoms with van der Waals surface area (Å²) in [6.07, 6.45) is 0. The minimum Gasteiger partial charge on any atom is -0.376 e. The zero-order valence-corrected chi connectivity index (χ0v) is 15.6. The number of halogens is 2. The van der Waals surface area contributed by atoms with Crippen molar-refractivity contribution in [3.63, 3.8) is 0 Å². The summed E-state index contributed by atoms with van der Waals surface area (Å²) in [5, 5.41) is 8.06. The Balaban J connectivity index is 1.68. The van der Waals surface area contributed by atoms with Crippen LogP contribution in [0.15, 0.2) is 70.5 Å². The number of thiophene rings is 1. The molecule has 0 unspecified atom stereocenters. The fourth-order valence-electron chi connectivity index (χ4n) is 2.39. The highest BCUT2D eigenvalue weighted by atomic mass is 79.9. The van der Waals surface area contributed by atoms with Gasteiger partial charge in [0.2, 0.25) is 5.91 Å². The Labute approximate surface area is 158 Å². The van der Waals surface area contributed by atoms with Crippen LogP contribution >= 0.6 is 27.3 Å². The van der Waals surface area contributed by atoms with Crippen molar-refractivity contribution in [2.75, 3.05) is 11.9 Å². The van der Waals surface area contributed by atoms with Gasteiger partial charge in [-0.15, -0.1) is 11.3 Å². The molecule has 0 aliphatic carbocycles. The lowest BCUT2D eigenvalue weighted by atomic mass is 10.1. The van der Waals surface area contributed by atoms with E-state index in [0.717, 1.165) is 20.6 Å². The molecule has 128 valence electrons. The highest BCUT2D eigenvalue weighted by Crippen LogP contribution is 2.26. The van der Waals surface area contributed by atoms with Crippen molar-refractivity contribution in [1.29, 1.82) is 0 Å². The minimum atomic E-state index is -0.295. The third-order valence-corrected chi connectivity index (χ3v) is 5.10. The predicted octanol–water partition coefficient (Wildman–Crippen LogP) is 4.97. The molecule has 3 nitrogen and oxygen atoms in total. The number of benzene rings is 2. The first kappa shape index (κ1) is 17.6. The summed E-state index contributed by atoms with van der Waals surface area (Å²) < 4.78 is 14.2. The van der Waals surface area contributed by atoms with Crippen molar-refractivity contribution in [2.24, 2.45) is 0 Å². The Morgan fingerprint density at radius 1 is 1.08 bits per heavy atom. The van der Waals surface area contributed by atoms with E-state index in [1.54, 1.807) is 23.5 Å². The Hall–Kier alpha value is -2.18. The summed E-state index contributed by atoms with van der Waals surface area (Å²) in [4.78, 5) is 13.4. The van der Waals surface area contributed by atoms with Gasteiger partial charge in [-0.1, -0.05) is 34.1 Å². The van der Waals surface area contributed by atoms with Crippen LogP contribution in [0, 0.1) is 5.82 Å². The van der Waals surface area contributed by atoms with Crippen LogP contribution < -0.4 is 10.6 Å². The normalized spacial score (nSPS) is 11.8. The van der Waals surface area contributed by atoms with Crippen molar-refractivity contribution in [2.45, 2.75) is 6.04 Å². The Morgan fingerprint density at radius 3 is 2.44 bits per heavy atom. The smallest absolute Gasteiger partial charge is 0.240 e. The molecule has 0 fully saturated rings. The van der Waals surface area contributed by atoms with Gasteiger partial charge in [-0.3, -0.25) is 4.79 Å². The fraction of sp³-hybridized carbons (Fsp3) is 0.105. The van der Waals surface area contributed by atoms with Gasteiger partial charge in [-0.05, 0) is 53.4 Å². The maximum absolute atomic E-state index is 13.2. The molecule has 0 radical (unpaired) electrons. The van der Waals surface area contributed by atoms with Gasteiger partial charge in [0.25, 0.3) is 0 Å². The van der Waals surface area contributed by atoms with Gasteiger partial charge >= 0.3 is 0 Å². The second-order valence-corrected chi connectivity index (χ2v) is 7.32. The molecular formula is C19H16BrFN2OS. The SMILES string of the molecule is O=C(CNc1ccc(Br)cc1)N[C@H](c1ccc(F)cc1)c1cccs1. The van der Waals surface area contributed by atoms with E-state index in [0.29, 0.717) is 0 Å². The van der Waals surface area contributed by atoms with Crippen LogP contribution in [0.1, 0.15) is 16.5 Å². The first-order valence-corrected chi connectivity index (χ1v) is 9.37. The van der Waals surface area contributed by atoms with Crippen molar-refractivity contribution in [3.8, 4) is 0 Å². The average molecular weight is 419 g/mol. The summed E-state index contributed by atoms with van der Waals surface area (Å²) >= 11 is 4.93. The second kappa shape index (κ2) is 8.27. The van der Waals surface area contributed by atoms with E-state index in [1.807, 2.05) is 41.8 Å². The molecule has 6 heteroatoms. The zero-order valence-electron chi connectivity index (χ0n) is 13.2. The highest BCUT2D eigenvalue weighted by Gasteiger charge is 2.17. The van der Waals surface area contributed by atoms with Crippen molar-refractivity contribution in [3.05, 3.63) is 86.8 Å². The van der Waals surface area contributed by atoms with Crippen molar-refractivity contribution >= 4 is 38.9 Å². The molecule has 0 aliphatic heterocycles. The van der Waals surface area contributed by atoms with Gasteiger partial charge in [-0.25, -0.2) is 4.39 Å². The van der Waals surface area contributed by atoms with Gasteiger partial charge in [0, 0.05) is 15.0 Å². The quantitative estimate of drug-likeness (QED) is 0.593. The van der Waals surface area contributed by atoms with E-state index in [9.17, 15) is 9.18 Å².